The second kappa shape index (κ2) is 3.85. The Morgan fingerprint density at radius 3 is 2.67 bits per heavy atom. The number of ketones is 1. The number of methoxy groups -OCH3 is 1. The standard InChI is InChI=1S/C12H12O3/c1-15-12(14)10-6-8-4-2-3-5-9(8)7-11(10)13/h2-5,10H,6-7H2,1H3. The highest BCUT2D eigenvalue weighted by Crippen LogP contribution is 2.23. The molecule has 3 heteroatoms. The van der Waals surface area contributed by atoms with Crippen molar-refractivity contribution in [3.8, 4) is 0 Å². The monoisotopic (exact) mass is 204 g/mol. The van der Waals surface area contributed by atoms with E-state index in [1.807, 2.05) is 24.3 Å². The highest BCUT2D eigenvalue weighted by atomic mass is 16.5. The van der Waals surface area contributed by atoms with Crippen molar-refractivity contribution in [1.29, 1.82) is 0 Å². The Kier molecular flexibility index (Phi) is 2.54. The third kappa shape index (κ3) is 1.77. The van der Waals surface area contributed by atoms with Gasteiger partial charge in [0.05, 0.1) is 7.11 Å². The molecule has 1 unspecified atom stereocenters. The molecule has 1 aliphatic carbocycles. The van der Waals surface area contributed by atoms with Gasteiger partial charge in [0.1, 0.15) is 5.92 Å². The summed E-state index contributed by atoms with van der Waals surface area (Å²) >= 11 is 0. The van der Waals surface area contributed by atoms with Crippen molar-refractivity contribution in [3.05, 3.63) is 35.4 Å². The van der Waals surface area contributed by atoms with Crippen LogP contribution in [0.1, 0.15) is 11.1 Å². The van der Waals surface area contributed by atoms with E-state index in [9.17, 15) is 9.59 Å². The van der Waals surface area contributed by atoms with E-state index in [1.165, 1.54) is 7.11 Å². The highest BCUT2D eigenvalue weighted by Gasteiger charge is 2.32. The van der Waals surface area contributed by atoms with Gasteiger partial charge in [-0.2, -0.15) is 0 Å². The summed E-state index contributed by atoms with van der Waals surface area (Å²) in [6, 6.07) is 7.71. The first-order valence-electron chi connectivity index (χ1n) is 4.89. The number of fused-ring (bicyclic) bond motifs is 1. The van der Waals surface area contributed by atoms with E-state index in [0.717, 1.165) is 11.1 Å². The molecule has 0 fully saturated rings. The molecule has 0 heterocycles. The summed E-state index contributed by atoms with van der Waals surface area (Å²) in [7, 11) is 1.32. The molecular weight excluding hydrogens is 192 g/mol. The Morgan fingerprint density at radius 1 is 1.33 bits per heavy atom. The third-order valence-corrected chi connectivity index (χ3v) is 2.78. The molecule has 0 amide bonds. The zero-order chi connectivity index (χ0) is 10.8. The Labute approximate surface area is 88.1 Å². The van der Waals surface area contributed by atoms with Crippen LogP contribution in [0.3, 0.4) is 0 Å². The molecule has 2 rings (SSSR count). The van der Waals surface area contributed by atoms with Crippen LogP contribution >= 0.6 is 0 Å². The summed E-state index contributed by atoms with van der Waals surface area (Å²) in [5.74, 6) is -1.07. The minimum Gasteiger partial charge on any atom is -0.468 e. The summed E-state index contributed by atoms with van der Waals surface area (Å²) in [5, 5.41) is 0. The van der Waals surface area contributed by atoms with Gasteiger partial charge in [0.15, 0.2) is 5.78 Å². The molecule has 1 aliphatic rings. The first-order chi connectivity index (χ1) is 7.22. The van der Waals surface area contributed by atoms with Gasteiger partial charge < -0.3 is 4.74 Å². The van der Waals surface area contributed by atoms with E-state index < -0.39 is 11.9 Å². The molecule has 0 aliphatic heterocycles. The molecule has 0 bridgehead atoms. The lowest BCUT2D eigenvalue weighted by atomic mass is 9.83. The van der Waals surface area contributed by atoms with Gasteiger partial charge in [0.25, 0.3) is 0 Å². The molecule has 3 nitrogen and oxygen atoms in total. The maximum absolute atomic E-state index is 11.7. The predicted octanol–water partition coefficient (Wildman–Crippen LogP) is 1.14. The van der Waals surface area contributed by atoms with Crippen LogP contribution in [0.5, 0.6) is 0 Å². The number of ether oxygens (including phenoxy) is 1. The molecule has 0 spiro atoms. The largest absolute Gasteiger partial charge is 0.468 e. The average molecular weight is 204 g/mol. The SMILES string of the molecule is COC(=O)C1Cc2ccccc2CC1=O. The van der Waals surface area contributed by atoms with E-state index in [4.69, 9.17) is 0 Å². The lowest BCUT2D eigenvalue weighted by molar-refractivity contribution is -0.149. The van der Waals surface area contributed by atoms with Crippen LogP contribution < -0.4 is 0 Å². The lowest BCUT2D eigenvalue weighted by Gasteiger charge is -2.21. The van der Waals surface area contributed by atoms with Gasteiger partial charge in [-0.25, -0.2) is 0 Å². The van der Waals surface area contributed by atoms with E-state index in [2.05, 4.69) is 4.74 Å². The van der Waals surface area contributed by atoms with E-state index >= 15 is 0 Å². The van der Waals surface area contributed by atoms with Crippen molar-refractivity contribution in [2.24, 2.45) is 5.92 Å². The maximum atomic E-state index is 11.7. The van der Waals surface area contributed by atoms with Crippen molar-refractivity contribution in [2.75, 3.05) is 7.11 Å². The van der Waals surface area contributed by atoms with Crippen LogP contribution in [-0.2, 0) is 27.2 Å². The van der Waals surface area contributed by atoms with Crippen LogP contribution in [0.4, 0.5) is 0 Å². The van der Waals surface area contributed by atoms with Crippen LogP contribution in [-0.4, -0.2) is 18.9 Å². The fourth-order valence-electron chi connectivity index (χ4n) is 1.93. The van der Waals surface area contributed by atoms with Gasteiger partial charge in [0.2, 0.25) is 0 Å². The first-order valence-corrected chi connectivity index (χ1v) is 4.89. The smallest absolute Gasteiger partial charge is 0.316 e. The Balaban J connectivity index is 2.29. The second-order valence-corrected chi connectivity index (χ2v) is 3.69. The molecule has 1 aromatic rings. The molecule has 78 valence electrons. The molecule has 1 atom stereocenters. The number of carbonyl (C=O) groups excluding carboxylic acids is 2. The molecular formula is C12H12O3. The lowest BCUT2D eigenvalue weighted by Crippen LogP contribution is -2.32. The Bertz CT molecular complexity index is 409. The van der Waals surface area contributed by atoms with Crippen molar-refractivity contribution >= 4 is 11.8 Å². The van der Waals surface area contributed by atoms with Crippen LogP contribution in [0.25, 0.3) is 0 Å². The first kappa shape index (κ1) is 9.90. The summed E-state index contributed by atoms with van der Waals surface area (Å²) in [6.45, 7) is 0. The number of esters is 1. The zero-order valence-corrected chi connectivity index (χ0v) is 8.53. The molecule has 0 N–H and O–H groups in total. The molecule has 0 radical (unpaired) electrons. The van der Waals surface area contributed by atoms with Crippen molar-refractivity contribution < 1.29 is 14.3 Å². The van der Waals surface area contributed by atoms with Crippen LogP contribution in [0, 0.1) is 5.92 Å². The zero-order valence-electron chi connectivity index (χ0n) is 8.53. The molecule has 0 saturated heterocycles. The predicted molar refractivity (Wildman–Crippen MR) is 54.4 cm³/mol. The summed E-state index contributed by atoms with van der Waals surface area (Å²) in [5.41, 5.74) is 2.11. The molecule has 15 heavy (non-hydrogen) atoms. The van der Waals surface area contributed by atoms with Crippen LogP contribution in [0.15, 0.2) is 24.3 Å². The summed E-state index contributed by atoms with van der Waals surface area (Å²) < 4.78 is 4.62. The van der Waals surface area contributed by atoms with Crippen molar-refractivity contribution in [1.82, 2.24) is 0 Å². The number of benzene rings is 1. The van der Waals surface area contributed by atoms with Crippen LogP contribution in [0.2, 0.25) is 0 Å². The number of hydrogen-bond donors (Lipinski definition) is 0. The maximum Gasteiger partial charge on any atom is 0.316 e. The number of rotatable bonds is 1. The van der Waals surface area contributed by atoms with E-state index in [0.29, 0.717) is 12.8 Å². The molecule has 1 aromatic carbocycles. The number of Topliss-reactive ketones (excluding diaryl/α,β-unsaturated/α-hetero) is 1. The van der Waals surface area contributed by atoms with E-state index in [1.54, 1.807) is 0 Å². The topological polar surface area (TPSA) is 43.4 Å². The second-order valence-electron chi connectivity index (χ2n) is 3.69. The molecule has 0 saturated carbocycles. The van der Waals surface area contributed by atoms with Gasteiger partial charge in [-0.15, -0.1) is 0 Å². The quantitative estimate of drug-likeness (QED) is 0.509. The fourth-order valence-corrected chi connectivity index (χ4v) is 1.93. The number of hydrogen-bond acceptors (Lipinski definition) is 3. The summed E-state index contributed by atoms with van der Waals surface area (Å²) in [6.07, 6.45) is 0.817. The van der Waals surface area contributed by atoms with Crippen molar-refractivity contribution in [2.45, 2.75) is 12.8 Å². The Morgan fingerprint density at radius 2 is 2.00 bits per heavy atom. The minimum absolute atomic E-state index is 0.0412. The normalized spacial score (nSPS) is 19.5. The Hall–Kier alpha value is -1.64. The van der Waals surface area contributed by atoms with Gasteiger partial charge >= 0.3 is 5.97 Å². The van der Waals surface area contributed by atoms with Gasteiger partial charge in [-0.3, -0.25) is 9.59 Å². The number of carbonyl (C=O) groups is 2. The average Bonchev–Trinajstić information content (AvgIpc) is 2.27. The van der Waals surface area contributed by atoms with Gasteiger partial charge in [-0.1, -0.05) is 24.3 Å². The molecule has 0 aromatic heterocycles. The van der Waals surface area contributed by atoms with E-state index in [-0.39, 0.29) is 5.78 Å². The summed E-state index contributed by atoms with van der Waals surface area (Å²) in [4.78, 5) is 23.0. The minimum atomic E-state index is -0.607. The van der Waals surface area contributed by atoms with Gasteiger partial charge in [0, 0.05) is 6.42 Å². The third-order valence-electron chi connectivity index (χ3n) is 2.78. The van der Waals surface area contributed by atoms with Crippen molar-refractivity contribution in [3.63, 3.8) is 0 Å². The highest BCUT2D eigenvalue weighted by molar-refractivity contribution is 6.01. The fraction of sp³-hybridized carbons (Fsp3) is 0.333. The van der Waals surface area contributed by atoms with Gasteiger partial charge in [-0.05, 0) is 17.5 Å².